The zero-order valence-corrected chi connectivity index (χ0v) is 80.9. The average Bonchev–Trinajstić information content (AvgIpc) is 1.64. The molecule has 6 aliphatic heterocycles. The van der Waals surface area contributed by atoms with Crippen LogP contribution in [0.15, 0.2) is 72.8 Å². The number of carbonyl (C=O) groups is 12. The SMILES string of the molecule is CC(=O)CC(O)CC(O)CCNC(=O)c1c(C)[nH]c(/C=C2\C(=O)Nc3ccc(F)cc32)c1C.CNC(=O)CC(O)CC(O)CCNC(=O)c1c(C)[nH]c(/C=C2\C(=O)Nc3ccc(F)cc32)c1C.Cc1[nH]c(/C=C2\C(=O)Nc3ccc(F)cc32)c(C)c1C(=O)NCCC(O)CC(O)CC(=O)N1CCCC1.Cc1[nH]c(/C=C2\C(=O)Nc3ccc(F)cc32)c(C)c1C(=O)NCCC(O)CC(O)CC(=O)N1CCCCC1. The molecule has 39 heteroatoms. The number of anilines is 4. The Morgan fingerprint density at radius 2 is 0.577 bits per heavy atom. The third-order valence-corrected chi connectivity index (χ3v) is 25.5. The van der Waals surface area contributed by atoms with Crippen molar-refractivity contribution >= 4 is 140 Å². The second-order valence-corrected chi connectivity index (χ2v) is 36.5. The Bertz CT molecular complexity index is 6210. The van der Waals surface area contributed by atoms with Crippen LogP contribution in [-0.2, 0) is 38.4 Å². The van der Waals surface area contributed by atoms with E-state index >= 15 is 0 Å². The van der Waals surface area contributed by atoms with Crippen LogP contribution in [0.25, 0.3) is 46.6 Å². The van der Waals surface area contributed by atoms with Crippen molar-refractivity contribution in [3.63, 3.8) is 0 Å². The zero-order chi connectivity index (χ0) is 103. The number of aromatic amines is 4. The third-order valence-electron chi connectivity index (χ3n) is 25.5. The van der Waals surface area contributed by atoms with E-state index in [0.717, 1.165) is 58.3 Å². The minimum atomic E-state index is -0.971. The van der Waals surface area contributed by atoms with Gasteiger partial charge in [0.2, 0.25) is 17.7 Å². The smallest absolute Gasteiger partial charge is 0.256 e. The number of piperidine rings is 1. The van der Waals surface area contributed by atoms with Crippen LogP contribution in [-0.4, -0.2) is 250 Å². The van der Waals surface area contributed by atoms with Crippen molar-refractivity contribution in [1.29, 1.82) is 0 Å². The van der Waals surface area contributed by atoms with E-state index in [1.54, 1.807) is 89.5 Å². The van der Waals surface area contributed by atoms with Gasteiger partial charge in [0.1, 0.15) is 29.1 Å². The number of fused-ring (bicyclic) bond motifs is 4. The summed E-state index contributed by atoms with van der Waals surface area (Å²) in [7, 11) is 1.47. The van der Waals surface area contributed by atoms with Gasteiger partial charge in [0, 0.05) is 156 Å². The summed E-state index contributed by atoms with van der Waals surface area (Å²) < 4.78 is 54.9. The van der Waals surface area contributed by atoms with Gasteiger partial charge in [-0.2, -0.15) is 0 Å². The Balaban J connectivity index is 0.000000181. The highest BCUT2D eigenvalue weighted by atomic mass is 19.1. The van der Waals surface area contributed by atoms with E-state index in [4.69, 9.17) is 0 Å². The maximum Gasteiger partial charge on any atom is 0.256 e. The van der Waals surface area contributed by atoms with Crippen LogP contribution >= 0.6 is 0 Å². The molecular weight excluding hydrogens is 1840 g/mol. The van der Waals surface area contributed by atoms with Crippen LogP contribution in [0.2, 0.25) is 0 Å². The largest absolute Gasteiger partial charge is 0.393 e. The maximum absolute atomic E-state index is 13.8. The normalized spacial score (nSPS) is 16.7. The van der Waals surface area contributed by atoms with Crippen LogP contribution < -0.4 is 47.9 Å². The Hall–Kier alpha value is -13.8. The van der Waals surface area contributed by atoms with Gasteiger partial charge in [0.15, 0.2) is 0 Å². The number of benzene rings is 4. The molecule has 11 amide bonds. The molecule has 4 aromatic heterocycles. The van der Waals surface area contributed by atoms with E-state index in [1.807, 2.05) is 0 Å². The number of carbonyl (C=O) groups excluding carboxylic acids is 12. The Morgan fingerprint density at radius 1 is 0.345 bits per heavy atom. The lowest BCUT2D eigenvalue weighted by Gasteiger charge is -2.27. The molecule has 8 aromatic rings. The molecule has 8 atom stereocenters. The number of aryl methyl sites for hydroxylation is 4. The molecule has 8 unspecified atom stereocenters. The number of likely N-dealkylation sites (tertiary alicyclic amines) is 2. The number of rotatable bonds is 36. The Kier molecular flexibility index (Phi) is 37.9. The quantitative estimate of drug-likeness (QED) is 0.0128. The molecule has 142 heavy (non-hydrogen) atoms. The van der Waals surface area contributed by atoms with Crippen molar-refractivity contribution in [3.05, 3.63) is 208 Å². The summed E-state index contributed by atoms with van der Waals surface area (Å²) in [4.78, 5) is 164. The molecule has 0 spiro atoms. The fraction of sp³-hybridized carbons (Fsp3) is 0.417. The van der Waals surface area contributed by atoms with Crippen molar-refractivity contribution in [3.8, 4) is 0 Å². The molecule has 21 N–H and O–H groups in total. The Labute approximate surface area is 817 Å². The van der Waals surface area contributed by atoms with Crippen LogP contribution in [0, 0.1) is 78.7 Å². The summed E-state index contributed by atoms with van der Waals surface area (Å²) in [5.74, 6) is -5.25. The van der Waals surface area contributed by atoms with Gasteiger partial charge in [-0.25, -0.2) is 17.6 Å². The molecule has 4 aromatic carbocycles. The first-order chi connectivity index (χ1) is 67.4. The molecule has 2 saturated heterocycles. The topological polar surface area (TPSA) is 545 Å². The van der Waals surface area contributed by atoms with Crippen molar-refractivity contribution < 1.29 is 116 Å². The highest BCUT2D eigenvalue weighted by Gasteiger charge is 2.34. The number of halogens is 4. The summed E-state index contributed by atoms with van der Waals surface area (Å²) in [6.07, 6.45) is 5.14. The van der Waals surface area contributed by atoms with E-state index < -0.39 is 72.1 Å². The molecule has 760 valence electrons. The van der Waals surface area contributed by atoms with Gasteiger partial charge in [-0.15, -0.1) is 0 Å². The summed E-state index contributed by atoms with van der Waals surface area (Å²) in [5, 5.41) is 105. The number of nitrogens with one attached hydrogen (secondary N) is 13. The minimum absolute atomic E-state index is 0.0153. The molecule has 0 radical (unpaired) electrons. The van der Waals surface area contributed by atoms with Crippen LogP contribution in [0.5, 0.6) is 0 Å². The van der Waals surface area contributed by atoms with E-state index in [-0.39, 0.29) is 174 Å². The first-order valence-corrected chi connectivity index (χ1v) is 47.4. The van der Waals surface area contributed by atoms with Gasteiger partial charge in [-0.1, -0.05) is 0 Å². The molecule has 2 fully saturated rings. The van der Waals surface area contributed by atoms with Crippen molar-refractivity contribution in [2.45, 2.75) is 220 Å². The Morgan fingerprint density at radius 3 is 0.817 bits per heavy atom. The fourth-order valence-electron chi connectivity index (χ4n) is 18.1. The summed E-state index contributed by atoms with van der Waals surface area (Å²) in [5.41, 5.74) is 14.0. The van der Waals surface area contributed by atoms with E-state index in [2.05, 4.69) is 67.8 Å². The molecule has 6 aliphatic rings. The van der Waals surface area contributed by atoms with E-state index in [1.165, 1.54) is 86.8 Å². The van der Waals surface area contributed by atoms with Crippen LogP contribution in [0.4, 0.5) is 40.3 Å². The fourth-order valence-corrected chi connectivity index (χ4v) is 18.1. The number of amides is 11. The molecular formula is C103H125F4N15O20. The van der Waals surface area contributed by atoms with Crippen LogP contribution in [0.3, 0.4) is 0 Å². The number of aliphatic hydroxyl groups excluding tert-OH is 8. The first-order valence-electron chi connectivity index (χ1n) is 47.4. The number of Topliss-reactive ketones (excluding diaryl/α,β-unsaturated/α-hetero) is 1. The lowest BCUT2D eigenvalue weighted by Crippen LogP contribution is -2.38. The monoisotopic (exact) mass is 1970 g/mol. The second kappa shape index (κ2) is 49.5. The third kappa shape index (κ3) is 28.6. The maximum atomic E-state index is 13.8. The first kappa shape index (κ1) is 109. The molecule has 0 saturated carbocycles. The second-order valence-electron chi connectivity index (χ2n) is 36.5. The lowest BCUT2D eigenvalue weighted by molar-refractivity contribution is -0.135. The summed E-state index contributed by atoms with van der Waals surface area (Å²) >= 11 is 0. The van der Waals surface area contributed by atoms with Crippen molar-refractivity contribution in [2.24, 2.45) is 0 Å². The number of aliphatic hydroxyl groups is 8. The van der Waals surface area contributed by atoms with Gasteiger partial charge in [0.25, 0.3) is 47.3 Å². The summed E-state index contributed by atoms with van der Waals surface area (Å²) in [6.45, 7) is 18.9. The number of H-pyrrole nitrogens is 4. The number of hydrogen-bond donors (Lipinski definition) is 21. The minimum Gasteiger partial charge on any atom is -0.393 e. The van der Waals surface area contributed by atoms with E-state index in [9.17, 15) is 116 Å². The predicted octanol–water partition coefficient (Wildman–Crippen LogP) is 9.51. The van der Waals surface area contributed by atoms with Gasteiger partial charge in [-0.05, 0) is 265 Å². The molecule has 10 heterocycles. The van der Waals surface area contributed by atoms with Crippen LogP contribution in [0.1, 0.15) is 248 Å². The molecule has 0 aliphatic carbocycles. The van der Waals surface area contributed by atoms with Crippen molar-refractivity contribution in [2.75, 3.05) is 80.7 Å². The zero-order valence-electron chi connectivity index (χ0n) is 80.9. The lowest BCUT2D eigenvalue weighted by atomic mass is 10.0. The standard InChI is InChI=1S/C28H35FN4O5.C27H33FN4O5.C24H29FN4O5.C24H28FN3O5/c1-16-24(15-22-21-12-18(29)6-7-23(21)32-27(22)37)31-17(2)26(16)28(38)30-9-8-19(34)13-20(35)14-25(36)33-10-4-3-5-11-33;1-15-23(14-21-20-11-17(28)5-6-22(20)31-26(21)36)30-16(2)25(15)27(37)29-8-7-18(33)12-19(34)13-24(35)32-9-3-4-10-32;1-12-20(11-18-17-8-14(25)4-5-19(17)29-23(18)33)28-13(2)22(12)24(34)27-7-6-15(30)9-16(31)10-21(32)26-3;1-12(29)8-17(31)10-16(30)6-7-26-24(33)22-13(2)21(27-14(22)3)11-19-18-9-15(25)4-5-20(18)28-23(19)32/h6-7,12,15,19-20,31,34-35H,3-5,8-11,13-14H2,1-2H3,(H,30,38)(H,32,37);5-6,11,14,18-19,30,33-34H,3-4,7-10,12-13H2,1-2H3,(H,29,37)(H,31,36);4-5,8,11,15-16,28,30-31H,6-7,9-10H2,1-3H3,(H,26,32)(H,27,34)(H,29,33);4-5,9,11,16-17,27,30-31H,6-8,10H2,1-3H3,(H,26,33)(H,28,32)/b22-15-;21-14-;18-11-;19-11-. The highest BCUT2D eigenvalue weighted by molar-refractivity contribution is 6.37. The van der Waals surface area contributed by atoms with Gasteiger partial charge in [0.05, 0.1) is 113 Å². The highest BCUT2D eigenvalue weighted by Crippen LogP contribution is 2.40. The molecule has 0 bridgehead atoms. The van der Waals surface area contributed by atoms with Gasteiger partial charge >= 0.3 is 0 Å². The number of nitrogens with zero attached hydrogens (tertiary/aromatic N) is 2. The van der Waals surface area contributed by atoms with Gasteiger partial charge < -0.3 is 118 Å². The average molecular weight is 1970 g/mol. The number of aromatic nitrogens is 4. The predicted molar refractivity (Wildman–Crippen MR) is 526 cm³/mol. The molecule has 35 nitrogen and oxygen atoms in total. The molecule has 14 rings (SSSR count). The summed E-state index contributed by atoms with van der Waals surface area (Å²) in [6, 6.07) is 16.3. The van der Waals surface area contributed by atoms with Gasteiger partial charge in [-0.3, -0.25) is 57.5 Å². The van der Waals surface area contributed by atoms with Crippen molar-refractivity contribution in [1.82, 2.24) is 56.3 Å². The number of ketones is 1. The number of hydrogen-bond acceptors (Lipinski definition) is 20. The van der Waals surface area contributed by atoms with E-state index in [0.29, 0.717) is 157 Å².